The number of aryl methyl sites for hydroxylation is 1. The van der Waals surface area contributed by atoms with Gasteiger partial charge in [0.1, 0.15) is 0 Å². The lowest BCUT2D eigenvalue weighted by molar-refractivity contribution is -0.133. The van der Waals surface area contributed by atoms with E-state index in [4.69, 9.17) is 5.73 Å². The number of thiazole rings is 1. The predicted molar refractivity (Wildman–Crippen MR) is 133 cm³/mol. The lowest BCUT2D eigenvalue weighted by Gasteiger charge is -2.30. The molecule has 0 fully saturated rings. The first-order valence-electron chi connectivity index (χ1n) is 11.5. The molecule has 0 aliphatic heterocycles. The van der Waals surface area contributed by atoms with E-state index in [1.54, 1.807) is 11.3 Å². The van der Waals surface area contributed by atoms with Gasteiger partial charge in [-0.1, -0.05) is 30.3 Å². The molecule has 1 aromatic heterocycles. The zero-order valence-electron chi connectivity index (χ0n) is 19.8. The third kappa shape index (κ3) is 7.25. The zero-order chi connectivity index (χ0) is 23.8. The van der Waals surface area contributed by atoms with Crippen LogP contribution in [0.1, 0.15) is 29.0 Å². The summed E-state index contributed by atoms with van der Waals surface area (Å²) in [7, 11) is 5.75. The van der Waals surface area contributed by atoms with Crippen molar-refractivity contribution in [3.05, 3.63) is 46.5 Å². The van der Waals surface area contributed by atoms with Crippen LogP contribution in [0, 0.1) is 11.8 Å². The Morgan fingerprint density at radius 1 is 1.27 bits per heavy atom. The van der Waals surface area contributed by atoms with Crippen molar-refractivity contribution in [3.63, 3.8) is 0 Å². The Morgan fingerprint density at radius 2 is 2.03 bits per heavy atom. The smallest absolute Gasteiger partial charge is 0.324 e. The first kappa shape index (κ1) is 25.1. The number of fused-ring (bicyclic) bond motifs is 1. The molecule has 2 aromatic rings. The molecule has 3 rings (SSSR count). The van der Waals surface area contributed by atoms with Gasteiger partial charge in [0.05, 0.1) is 18.2 Å². The molecule has 3 amide bonds. The van der Waals surface area contributed by atoms with Crippen molar-refractivity contribution in [2.75, 3.05) is 46.5 Å². The van der Waals surface area contributed by atoms with Crippen molar-refractivity contribution in [1.82, 2.24) is 25.4 Å². The van der Waals surface area contributed by atoms with Crippen LogP contribution in [0.5, 0.6) is 0 Å². The molecule has 0 radical (unpaired) electrons. The van der Waals surface area contributed by atoms with Gasteiger partial charge in [0.15, 0.2) is 5.13 Å². The minimum Gasteiger partial charge on any atom is -0.375 e. The Kier molecular flexibility index (Phi) is 9.22. The van der Waals surface area contributed by atoms with Crippen LogP contribution < -0.4 is 16.4 Å². The van der Waals surface area contributed by atoms with Crippen molar-refractivity contribution in [2.24, 2.45) is 11.8 Å². The summed E-state index contributed by atoms with van der Waals surface area (Å²) >= 11 is 1.57. The fourth-order valence-corrected chi connectivity index (χ4v) is 5.18. The van der Waals surface area contributed by atoms with Gasteiger partial charge in [-0.3, -0.25) is 9.69 Å². The van der Waals surface area contributed by atoms with Crippen molar-refractivity contribution < 1.29 is 9.59 Å². The molecule has 33 heavy (non-hydrogen) atoms. The van der Waals surface area contributed by atoms with Gasteiger partial charge in [-0.05, 0) is 58.3 Å². The van der Waals surface area contributed by atoms with Gasteiger partial charge < -0.3 is 21.3 Å². The van der Waals surface area contributed by atoms with Crippen LogP contribution in [-0.4, -0.2) is 67.5 Å². The number of hydrogen-bond acceptors (Lipinski definition) is 7. The molecular weight excluding hydrogens is 436 g/mol. The maximum Gasteiger partial charge on any atom is 0.324 e. The number of likely N-dealkylation sites (N-methyl/N-ethyl adjacent to an activating group) is 1. The minimum atomic E-state index is -0.343. The highest BCUT2D eigenvalue weighted by Crippen LogP contribution is 2.34. The lowest BCUT2D eigenvalue weighted by atomic mass is 9.83. The maximum absolute atomic E-state index is 13.7. The standard InChI is InChI=1S/C24H36N6O2S/c1-26-15-19(13-18-9-10-21-20(14-18)28-23(25)33-21)22(31)30(16-17-7-5-4-6-8-17)24(32)27-11-12-29(2)3/h4-8,18-19,26H,9-16H2,1-3H3,(H2,25,28)(H,27,32). The number of nitrogen functional groups attached to an aromatic ring is 1. The Hall–Kier alpha value is -2.49. The Balaban J connectivity index is 1.73. The topological polar surface area (TPSA) is 104 Å². The molecule has 180 valence electrons. The number of rotatable bonds is 10. The first-order chi connectivity index (χ1) is 15.9. The van der Waals surface area contributed by atoms with E-state index >= 15 is 0 Å². The second kappa shape index (κ2) is 12.1. The fourth-order valence-electron chi connectivity index (χ4n) is 4.31. The summed E-state index contributed by atoms with van der Waals surface area (Å²) in [6.45, 7) is 1.97. The molecule has 1 heterocycles. The van der Waals surface area contributed by atoms with Crippen LogP contribution in [-0.2, 0) is 24.2 Å². The molecule has 0 saturated carbocycles. The molecule has 0 saturated heterocycles. The van der Waals surface area contributed by atoms with Crippen LogP contribution in [0.2, 0.25) is 0 Å². The Bertz CT molecular complexity index is 917. The van der Waals surface area contributed by atoms with Gasteiger partial charge in [-0.25, -0.2) is 9.78 Å². The highest BCUT2D eigenvalue weighted by atomic mass is 32.1. The molecule has 2 atom stereocenters. The van der Waals surface area contributed by atoms with E-state index in [0.29, 0.717) is 37.1 Å². The van der Waals surface area contributed by atoms with E-state index in [2.05, 4.69) is 15.6 Å². The molecule has 0 spiro atoms. The number of nitrogens with zero attached hydrogens (tertiary/aromatic N) is 3. The van der Waals surface area contributed by atoms with E-state index in [1.807, 2.05) is 56.4 Å². The van der Waals surface area contributed by atoms with E-state index < -0.39 is 0 Å². The van der Waals surface area contributed by atoms with Gasteiger partial charge in [-0.2, -0.15) is 0 Å². The zero-order valence-corrected chi connectivity index (χ0v) is 20.7. The van der Waals surface area contributed by atoms with Crippen LogP contribution >= 0.6 is 11.3 Å². The average molecular weight is 473 g/mol. The average Bonchev–Trinajstić information content (AvgIpc) is 3.16. The van der Waals surface area contributed by atoms with Crippen molar-refractivity contribution in [1.29, 1.82) is 0 Å². The van der Waals surface area contributed by atoms with E-state index in [-0.39, 0.29) is 24.4 Å². The summed E-state index contributed by atoms with van der Waals surface area (Å²) in [5, 5.41) is 6.69. The second-order valence-corrected chi connectivity index (χ2v) is 10.1. The van der Waals surface area contributed by atoms with Crippen LogP contribution in [0.4, 0.5) is 9.93 Å². The van der Waals surface area contributed by atoms with Gasteiger partial charge in [0.25, 0.3) is 0 Å². The maximum atomic E-state index is 13.7. The predicted octanol–water partition coefficient (Wildman–Crippen LogP) is 2.36. The van der Waals surface area contributed by atoms with Gasteiger partial charge in [0, 0.05) is 24.5 Å². The van der Waals surface area contributed by atoms with Crippen molar-refractivity contribution >= 4 is 28.4 Å². The van der Waals surface area contributed by atoms with Crippen molar-refractivity contribution in [3.8, 4) is 0 Å². The third-order valence-electron chi connectivity index (χ3n) is 6.00. The van der Waals surface area contributed by atoms with E-state index in [1.165, 1.54) is 9.78 Å². The minimum absolute atomic E-state index is 0.140. The fraction of sp³-hybridized carbons (Fsp3) is 0.542. The second-order valence-electron chi connectivity index (χ2n) is 8.97. The number of urea groups is 1. The van der Waals surface area contributed by atoms with Crippen LogP contribution in [0.3, 0.4) is 0 Å². The summed E-state index contributed by atoms with van der Waals surface area (Å²) in [4.78, 5) is 35.9. The van der Waals surface area contributed by atoms with E-state index in [9.17, 15) is 9.59 Å². The number of hydrogen-bond donors (Lipinski definition) is 3. The number of benzene rings is 1. The molecular formula is C24H36N6O2S. The van der Waals surface area contributed by atoms with Gasteiger partial charge >= 0.3 is 6.03 Å². The Labute approximate surface area is 200 Å². The monoisotopic (exact) mass is 472 g/mol. The SMILES string of the molecule is CNCC(CC1CCc2sc(N)nc2C1)C(=O)N(Cc1ccccc1)C(=O)NCCN(C)C. The number of nitrogens with two attached hydrogens (primary N) is 1. The molecule has 0 bridgehead atoms. The molecule has 1 aromatic carbocycles. The number of aromatic nitrogens is 1. The van der Waals surface area contributed by atoms with Crippen LogP contribution in [0.25, 0.3) is 0 Å². The number of carbonyl (C=O) groups excluding carboxylic acids is 2. The lowest BCUT2D eigenvalue weighted by Crippen LogP contribution is -2.49. The number of amides is 3. The molecule has 9 heteroatoms. The number of imide groups is 1. The number of nitrogens with one attached hydrogen (secondary N) is 2. The quantitative estimate of drug-likeness (QED) is 0.490. The number of anilines is 1. The summed E-state index contributed by atoms with van der Waals surface area (Å²) < 4.78 is 0. The largest absolute Gasteiger partial charge is 0.375 e. The van der Waals surface area contributed by atoms with Crippen LogP contribution in [0.15, 0.2) is 30.3 Å². The summed E-state index contributed by atoms with van der Waals surface area (Å²) in [6.07, 6.45) is 3.51. The molecule has 4 N–H and O–H groups in total. The summed E-state index contributed by atoms with van der Waals surface area (Å²) in [5.41, 5.74) is 7.90. The Morgan fingerprint density at radius 3 is 2.73 bits per heavy atom. The third-order valence-corrected chi connectivity index (χ3v) is 6.99. The highest BCUT2D eigenvalue weighted by Gasteiger charge is 2.32. The van der Waals surface area contributed by atoms with Gasteiger partial charge in [-0.15, -0.1) is 11.3 Å². The van der Waals surface area contributed by atoms with E-state index in [0.717, 1.165) is 30.5 Å². The van der Waals surface area contributed by atoms with Gasteiger partial charge in [0.2, 0.25) is 5.91 Å². The summed E-state index contributed by atoms with van der Waals surface area (Å²) in [6, 6.07) is 9.31. The molecule has 2 unspecified atom stereocenters. The number of carbonyl (C=O) groups is 2. The normalized spacial score (nSPS) is 16.3. The highest BCUT2D eigenvalue weighted by molar-refractivity contribution is 7.15. The summed E-state index contributed by atoms with van der Waals surface area (Å²) in [5.74, 6) is -0.0864. The molecule has 1 aliphatic carbocycles. The first-order valence-corrected chi connectivity index (χ1v) is 12.4. The molecule has 8 nitrogen and oxygen atoms in total. The molecule has 1 aliphatic rings. The van der Waals surface area contributed by atoms with Crippen molar-refractivity contribution in [2.45, 2.75) is 32.2 Å².